The molecule has 2 amide bonds. The number of nitrogens with two attached hydrogens (primary N) is 1. The van der Waals surface area contributed by atoms with Gasteiger partial charge in [-0.3, -0.25) is 10.7 Å². The predicted octanol–water partition coefficient (Wildman–Crippen LogP) is 1.69. The predicted molar refractivity (Wildman–Crippen MR) is 65.0 cm³/mol. The molecule has 1 rings (SSSR count). The quantitative estimate of drug-likeness (QED) is 0.516. The van der Waals surface area contributed by atoms with Gasteiger partial charge >= 0.3 is 6.03 Å². The fourth-order valence-electron chi connectivity index (χ4n) is 1.36. The van der Waals surface area contributed by atoms with Crippen LogP contribution in [0.25, 0.3) is 0 Å². The first kappa shape index (κ1) is 12.3. The smallest absolute Gasteiger partial charge is 0.318 e. The number of urea groups is 1. The van der Waals surface area contributed by atoms with Crippen molar-refractivity contribution in [3.05, 3.63) is 28.8 Å². The first-order chi connectivity index (χ1) is 7.43. The summed E-state index contributed by atoms with van der Waals surface area (Å²) in [6.07, 6.45) is 0. The summed E-state index contributed by atoms with van der Waals surface area (Å²) >= 11 is 6.02. The van der Waals surface area contributed by atoms with Crippen molar-refractivity contribution in [3.8, 4) is 0 Å². The summed E-state index contributed by atoms with van der Waals surface area (Å²) in [6, 6.07) is 4.63. The lowest BCUT2D eigenvalue weighted by Crippen LogP contribution is -2.44. The zero-order valence-corrected chi connectivity index (χ0v) is 9.80. The molecule has 0 bridgehead atoms. The van der Waals surface area contributed by atoms with E-state index in [1.165, 1.54) is 4.90 Å². The Morgan fingerprint density at radius 3 is 2.69 bits per heavy atom. The Hall–Kier alpha value is -1.75. The minimum atomic E-state index is -0.776. The molecule has 0 unspecified atom stereocenters. The number of halogens is 1. The topological polar surface area (TPSA) is 82.2 Å². The molecule has 0 radical (unpaired) electrons. The number of hydrogen-bond acceptors (Lipinski definition) is 2. The van der Waals surface area contributed by atoms with Gasteiger partial charge in [-0.05, 0) is 18.6 Å². The summed E-state index contributed by atoms with van der Waals surface area (Å²) in [5, 5.41) is 10.3. The number of benzene rings is 1. The number of nitrogens with zero attached hydrogens (tertiary/aromatic N) is 1. The maximum atomic E-state index is 10.6. The largest absolute Gasteiger partial charge is 0.351 e. The van der Waals surface area contributed by atoms with Crippen LogP contribution in [-0.2, 0) is 0 Å². The molecule has 0 aliphatic carbocycles. The van der Waals surface area contributed by atoms with E-state index >= 15 is 0 Å². The molecule has 0 aromatic heterocycles. The van der Waals surface area contributed by atoms with Crippen molar-refractivity contribution in [2.45, 2.75) is 6.92 Å². The summed E-state index contributed by atoms with van der Waals surface area (Å²) < 4.78 is 0. The molecule has 0 aliphatic rings. The molecule has 86 valence electrons. The zero-order chi connectivity index (χ0) is 12.3. The molecule has 1 aromatic rings. The van der Waals surface area contributed by atoms with Gasteiger partial charge in [0.1, 0.15) is 0 Å². The van der Waals surface area contributed by atoms with E-state index in [2.05, 4.69) is 5.32 Å². The van der Waals surface area contributed by atoms with Gasteiger partial charge in [0.2, 0.25) is 5.96 Å². The van der Waals surface area contributed by atoms with Crippen molar-refractivity contribution in [2.75, 3.05) is 11.9 Å². The monoisotopic (exact) mass is 240 g/mol. The van der Waals surface area contributed by atoms with E-state index < -0.39 is 6.03 Å². The molecule has 0 aliphatic heterocycles. The number of primary amides is 1. The Bertz CT molecular complexity index is 413. The van der Waals surface area contributed by atoms with Gasteiger partial charge in [0.15, 0.2) is 0 Å². The minimum absolute atomic E-state index is 0.122. The van der Waals surface area contributed by atoms with E-state index in [-0.39, 0.29) is 5.96 Å². The molecule has 0 saturated carbocycles. The number of carbonyl (C=O) groups is 1. The second-order valence-corrected chi connectivity index (χ2v) is 3.71. The highest BCUT2D eigenvalue weighted by Crippen LogP contribution is 2.28. The average Bonchev–Trinajstić information content (AvgIpc) is 2.16. The maximum absolute atomic E-state index is 10.6. The van der Waals surface area contributed by atoms with E-state index in [0.717, 1.165) is 5.56 Å². The Morgan fingerprint density at radius 1 is 1.56 bits per heavy atom. The molecule has 4 N–H and O–H groups in total. The molecule has 0 spiro atoms. The minimum Gasteiger partial charge on any atom is -0.351 e. The van der Waals surface area contributed by atoms with E-state index in [1.807, 2.05) is 19.1 Å². The number of guanidine groups is 1. The lowest BCUT2D eigenvalue weighted by atomic mass is 10.2. The van der Waals surface area contributed by atoms with Crippen LogP contribution in [0.15, 0.2) is 18.2 Å². The van der Waals surface area contributed by atoms with Gasteiger partial charge in [-0.15, -0.1) is 0 Å². The van der Waals surface area contributed by atoms with Gasteiger partial charge in [0.25, 0.3) is 0 Å². The average molecular weight is 241 g/mol. The highest BCUT2D eigenvalue weighted by molar-refractivity contribution is 6.34. The number of amides is 2. The number of para-hydroxylation sites is 1. The van der Waals surface area contributed by atoms with Crippen LogP contribution in [0.2, 0.25) is 5.02 Å². The Kier molecular flexibility index (Phi) is 3.73. The normalized spacial score (nSPS) is 9.69. The molecule has 0 heterocycles. The standard InChI is InChI=1S/C10H13ClN4O/c1-6-4-3-5-7(11)8(6)15(2)9(12)14-10(13)16/h3-5H,1-2H3,(H4,12,13,14,16). The van der Waals surface area contributed by atoms with Crippen LogP contribution in [0, 0.1) is 12.3 Å². The van der Waals surface area contributed by atoms with Crippen LogP contribution in [0.5, 0.6) is 0 Å². The van der Waals surface area contributed by atoms with Crippen molar-refractivity contribution in [2.24, 2.45) is 5.73 Å². The third-order valence-electron chi connectivity index (χ3n) is 2.10. The van der Waals surface area contributed by atoms with Crippen LogP contribution in [0.4, 0.5) is 10.5 Å². The first-order valence-electron chi connectivity index (χ1n) is 4.57. The van der Waals surface area contributed by atoms with Gasteiger partial charge in [0.05, 0.1) is 10.7 Å². The van der Waals surface area contributed by atoms with Crippen molar-refractivity contribution in [3.63, 3.8) is 0 Å². The van der Waals surface area contributed by atoms with Crippen LogP contribution in [-0.4, -0.2) is 19.0 Å². The summed E-state index contributed by atoms with van der Waals surface area (Å²) in [4.78, 5) is 12.1. The van der Waals surface area contributed by atoms with Gasteiger partial charge in [-0.2, -0.15) is 0 Å². The van der Waals surface area contributed by atoms with Crippen LogP contribution < -0.4 is 16.0 Å². The highest BCUT2D eigenvalue weighted by Gasteiger charge is 2.13. The molecule has 0 atom stereocenters. The van der Waals surface area contributed by atoms with Crippen molar-refractivity contribution >= 4 is 29.3 Å². The Balaban J connectivity index is 3.00. The first-order valence-corrected chi connectivity index (χ1v) is 4.95. The molecule has 5 nitrogen and oxygen atoms in total. The van der Waals surface area contributed by atoms with Crippen molar-refractivity contribution < 1.29 is 4.79 Å². The molecule has 0 saturated heterocycles. The number of nitrogens with one attached hydrogen (secondary N) is 2. The van der Waals surface area contributed by atoms with Gasteiger partial charge < -0.3 is 10.6 Å². The molecule has 1 aromatic carbocycles. The SMILES string of the molecule is Cc1cccc(Cl)c1N(C)C(=N)NC(N)=O. The van der Waals surface area contributed by atoms with Gasteiger partial charge in [0, 0.05) is 7.05 Å². The van der Waals surface area contributed by atoms with Crippen molar-refractivity contribution in [1.29, 1.82) is 5.41 Å². The lowest BCUT2D eigenvalue weighted by Gasteiger charge is -2.22. The molecule has 16 heavy (non-hydrogen) atoms. The summed E-state index contributed by atoms with van der Waals surface area (Å²) in [5.74, 6) is -0.122. The van der Waals surface area contributed by atoms with E-state index in [4.69, 9.17) is 22.7 Å². The van der Waals surface area contributed by atoms with Crippen LogP contribution >= 0.6 is 11.6 Å². The molecular weight excluding hydrogens is 228 g/mol. The molecule has 0 fully saturated rings. The fourth-order valence-corrected chi connectivity index (χ4v) is 1.71. The summed E-state index contributed by atoms with van der Waals surface area (Å²) in [5.41, 5.74) is 6.51. The van der Waals surface area contributed by atoms with E-state index in [9.17, 15) is 4.79 Å². The number of carbonyl (C=O) groups excluding carboxylic acids is 1. The molecular formula is C10H13ClN4O. The fraction of sp³-hybridized carbons (Fsp3) is 0.200. The Labute approximate surface area is 98.7 Å². The van der Waals surface area contributed by atoms with Gasteiger partial charge in [-0.1, -0.05) is 23.7 Å². The number of aryl methyl sites for hydroxylation is 1. The maximum Gasteiger partial charge on any atom is 0.318 e. The second kappa shape index (κ2) is 4.85. The second-order valence-electron chi connectivity index (χ2n) is 3.30. The van der Waals surface area contributed by atoms with Crippen molar-refractivity contribution in [1.82, 2.24) is 5.32 Å². The highest BCUT2D eigenvalue weighted by atomic mass is 35.5. The lowest BCUT2D eigenvalue weighted by molar-refractivity contribution is 0.253. The third kappa shape index (κ3) is 2.64. The van der Waals surface area contributed by atoms with Gasteiger partial charge in [-0.25, -0.2) is 4.79 Å². The molecule has 6 heteroatoms. The van der Waals surface area contributed by atoms with Crippen LogP contribution in [0.3, 0.4) is 0 Å². The van der Waals surface area contributed by atoms with Crippen LogP contribution in [0.1, 0.15) is 5.56 Å². The zero-order valence-electron chi connectivity index (χ0n) is 9.04. The number of hydrogen-bond donors (Lipinski definition) is 3. The van der Waals surface area contributed by atoms with E-state index in [1.54, 1.807) is 13.1 Å². The Morgan fingerprint density at radius 2 is 2.19 bits per heavy atom. The summed E-state index contributed by atoms with van der Waals surface area (Å²) in [7, 11) is 1.63. The number of rotatable bonds is 1. The van der Waals surface area contributed by atoms with E-state index in [0.29, 0.717) is 10.7 Å². The summed E-state index contributed by atoms with van der Waals surface area (Å²) in [6.45, 7) is 1.87. The number of anilines is 1. The third-order valence-corrected chi connectivity index (χ3v) is 2.41.